The largest absolute Gasteiger partial charge is 0.315 e. The van der Waals surface area contributed by atoms with Gasteiger partial charge in [-0.2, -0.15) is 11.8 Å². The molecule has 0 aromatic carbocycles. The number of thioether (sulfide) groups is 1. The van der Waals surface area contributed by atoms with Gasteiger partial charge in [-0.05, 0) is 18.9 Å². The highest BCUT2D eigenvalue weighted by Crippen LogP contribution is 2.19. The monoisotopic (exact) mass is 294 g/mol. The van der Waals surface area contributed by atoms with Gasteiger partial charge >= 0.3 is 0 Å². The van der Waals surface area contributed by atoms with E-state index in [2.05, 4.69) is 24.1 Å². The highest BCUT2D eigenvalue weighted by atomic mass is 32.2. The van der Waals surface area contributed by atoms with Gasteiger partial charge in [-0.1, -0.05) is 13.8 Å². The molecule has 1 atom stereocenters. The lowest BCUT2D eigenvalue weighted by molar-refractivity contribution is 0.269. The SMILES string of the molecule is CC(C)CCNCCN1CCSCC1S(C)(=O)=O. The molecular formula is C12H26N2O2S2. The van der Waals surface area contributed by atoms with E-state index in [9.17, 15) is 8.42 Å². The maximum absolute atomic E-state index is 11.7. The van der Waals surface area contributed by atoms with Crippen LogP contribution in [0, 0.1) is 5.92 Å². The molecule has 1 heterocycles. The van der Waals surface area contributed by atoms with Gasteiger partial charge in [0.15, 0.2) is 9.84 Å². The van der Waals surface area contributed by atoms with E-state index < -0.39 is 9.84 Å². The average molecular weight is 294 g/mol. The van der Waals surface area contributed by atoms with Crippen molar-refractivity contribution in [3.8, 4) is 0 Å². The van der Waals surface area contributed by atoms with Crippen LogP contribution in [0.4, 0.5) is 0 Å². The molecule has 1 fully saturated rings. The molecule has 0 aromatic heterocycles. The summed E-state index contributed by atoms with van der Waals surface area (Å²) in [5, 5.41) is 3.10. The normalized spacial score (nSPS) is 22.6. The number of hydrogen-bond acceptors (Lipinski definition) is 5. The second kappa shape index (κ2) is 7.72. The molecule has 18 heavy (non-hydrogen) atoms. The predicted octanol–water partition coefficient (Wildman–Crippen LogP) is 1.04. The van der Waals surface area contributed by atoms with Gasteiger partial charge in [0.05, 0.1) is 0 Å². The lowest BCUT2D eigenvalue weighted by Gasteiger charge is -2.33. The number of sulfone groups is 1. The van der Waals surface area contributed by atoms with Gasteiger partial charge in [0.25, 0.3) is 0 Å². The topological polar surface area (TPSA) is 49.4 Å². The molecule has 108 valence electrons. The Kier molecular flexibility index (Phi) is 6.98. The number of nitrogens with zero attached hydrogens (tertiary/aromatic N) is 1. The highest BCUT2D eigenvalue weighted by molar-refractivity contribution is 8.00. The van der Waals surface area contributed by atoms with E-state index >= 15 is 0 Å². The lowest BCUT2D eigenvalue weighted by atomic mass is 10.1. The molecular weight excluding hydrogens is 268 g/mol. The summed E-state index contributed by atoms with van der Waals surface area (Å²) in [5.41, 5.74) is 0. The van der Waals surface area contributed by atoms with Crippen molar-refractivity contribution in [2.75, 3.05) is 43.9 Å². The summed E-state index contributed by atoms with van der Waals surface area (Å²) >= 11 is 1.74. The highest BCUT2D eigenvalue weighted by Gasteiger charge is 2.30. The van der Waals surface area contributed by atoms with Gasteiger partial charge in [0.2, 0.25) is 0 Å². The maximum Gasteiger partial charge on any atom is 0.164 e. The van der Waals surface area contributed by atoms with Gasteiger partial charge in [-0.25, -0.2) is 8.42 Å². The van der Waals surface area contributed by atoms with E-state index in [0.717, 1.165) is 31.9 Å². The Hall–Kier alpha value is 0.220. The van der Waals surface area contributed by atoms with Gasteiger partial charge in [-0.15, -0.1) is 0 Å². The minimum Gasteiger partial charge on any atom is -0.315 e. The molecule has 0 aliphatic carbocycles. The fourth-order valence-electron chi connectivity index (χ4n) is 2.00. The third kappa shape index (κ3) is 5.91. The van der Waals surface area contributed by atoms with Gasteiger partial charge in [-0.3, -0.25) is 4.90 Å². The minimum atomic E-state index is -2.95. The summed E-state index contributed by atoms with van der Waals surface area (Å²) in [5.74, 6) is 2.47. The second-order valence-electron chi connectivity index (χ2n) is 5.33. The van der Waals surface area contributed by atoms with Crippen LogP contribution in [0.15, 0.2) is 0 Å². The maximum atomic E-state index is 11.7. The Balaban J connectivity index is 2.30. The smallest absolute Gasteiger partial charge is 0.164 e. The Labute approximate surface area is 116 Å². The fourth-order valence-corrected chi connectivity index (χ4v) is 4.98. The van der Waals surface area contributed by atoms with Gasteiger partial charge in [0.1, 0.15) is 5.37 Å². The van der Waals surface area contributed by atoms with Crippen LogP contribution in [0.1, 0.15) is 20.3 Å². The molecule has 0 aromatic rings. The van der Waals surface area contributed by atoms with Crippen LogP contribution < -0.4 is 5.32 Å². The van der Waals surface area contributed by atoms with Crippen molar-refractivity contribution in [3.05, 3.63) is 0 Å². The quantitative estimate of drug-likeness (QED) is 0.711. The summed E-state index contributed by atoms with van der Waals surface area (Å²) in [6, 6.07) is 0. The molecule has 1 aliphatic rings. The number of nitrogens with one attached hydrogen (secondary N) is 1. The predicted molar refractivity (Wildman–Crippen MR) is 79.9 cm³/mol. The van der Waals surface area contributed by atoms with Crippen LogP contribution in [0.3, 0.4) is 0 Å². The zero-order valence-corrected chi connectivity index (χ0v) is 13.3. The summed E-state index contributed by atoms with van der Waals surface area (Å²) in [6.45, 7) is 8.03. The van der Waals surface area contributed by atoms with E-state index in [4.69, 9.17) is 0 Å². The molecule has 1 N–H and O–H groups in total. The first-order valence-electron chi connectivity index (χ1n) is 6.62. The summed E-state index contributed by atoms with van der Waals surface area (Å²) in [4.78, 5) is 2.11. The second-order valence-corrected chi connectivity index (χ2v) is 8.68. The van der Waals surface area contributed by atoms with Crippen molar-refractivity contribution < 1.29 is 8.42 Å². The van der Waals surface area contributed by atoms with Crippen molar-refractivity contribution in [1.29, 1.82) is 0 Å². The van der Waals surface area contributed by atoms with Crippen LogP contribution in [-0.4, -0.2) is 62.6 Å². The molecule has 1 aliphatic heterocycles. The van der Waals surface area contributed by atoms with Crippen LogP contribution >= 0.6 is 11.8 Å². The van der Waals surface area contributed by atoms with Crippen molar-refractivity contribution in [2.45, 2.75) is 25.6 Å². The molecule has 1 rings (SSSR count). The van der Waals surface area contributed by atoms with Crippen molar-refractivity contribution in [2.24, 2.45) is 5.92 Å². The Morgan fingerprint density at radius 1 is 1.39 bits per heavy atom. The van der Waals surface area contributed by atoms with E-state index in [1.807, 2.05) is 0 Å². The molecule has 6 heteroatoms. The molecule has 0 spiro atoms. The first-order chi connectivity index (χ1) is 8.41. The average Bonchev–Trinajstić information content (AvgIpc) is 2.27. The number of rotatable bonds is 7. The van der Waals surface area contributed by atoms with Crippen molar-refractivity contribution in [1.82, 2.24) is 10.2 Å². The van der Waals surface area contributed by atoms with E-state index in [1.165, 1.54) is 12.7 Å². The van der Waals surface area contributed by atoms with Crippen molar-refractivity contribution in [3.63, 3.8) is 0 Å². The summed E-state index contributed by atoms with van der Waals surface area (Å²) < 4.78 is 23.4. The summed E-state index contributed by atoms with van der Waals surface area (Å²) in [6.07, 6.45) is 2.52. The van der Waals surface area contributed by atoms with E-state index in [0.29, 0.717) is 11.7 Å². The Morgan fingerprint density at radius 2 is 2.11 bits per heavy atom. The Bertz CT molecular complexity index is 331. The molecule has 1 saturated heterocycles. The molecule has 0 amide bonds. The van der Waals surface area contributed by atoms with Crippen molar-refractivity contribution >= 4 is 21.6 Å². The van der Waals surface area contributed by atoms with Crippen LogP contribution in [0.25, 0.3) is 0 Å². The molecule has 4 nitrogen and oxygen atoms in total. The van der Waals surface area contributed by atoms with Crippen LogP contribution in [0.2, 0.25) is 0 Å². The molecule has 0 bridgehead atoms. The van der Waals surface area contributed by atoms with Crippen LogP contribution in [-0.2, 0) is 9.84 Å². The minimum absolute atomic E-state index is 0.289. The first-order valence-corrected chi connectivity index (χ1v) is 9.73. The Morgan fingerprint density at radius 3 is 2.72 bits per heavy atom. The summed E-state index contributed by atoms with van der Waals surface area (Å²) in [7, 11) is -2.95. The zero-order chi connectivity index (χ0) is 13.6. The zero-order valence-electron chi connectivity index (χ0n) is 11.7. The third-order valence-electron chi connectivity index (χ3n) is 3.16. The first kappa shape index (κ1) is 16.3. The molecule has 1 unspecified atom stereocenters. The third-order valence-corrected chi connectivity index (χ3v) is 5.85. The number of hydrogen-bond donors (Lipinski definition) is 1. The lowest BCUT2D eigenvalue weighted by Crippen LogP contribution is -2.49. The van der Waals surface area contributed by atoms with Gasteiger partial charge in [0, 0.05) is 37.4 Å². The molecule has 0 saturated carbocycles. The van der Waals surface area contributed by atoms with E-state index in [1.54, 1.807) is 11.8 Å². The van der Waals surface area contributed by atoms with Crippen LogP contribution in [0.5, 0.6) is 0 Å². The van der Waals surface area contributed by atoms with E-state index in [-0.39, 0.29) is 5.37 Å². The fraction of sp³-hybridized carbons (Fsp3) is 1.00. The standard InChI is InChI=1S/C12H26N2O2S2/c1-11(2)4-5-13-6-7-14-8-9-17-10-12(14)18(3,15)16/h11-13H,4-10H2,1-3H3. The van der Waals surface area contributed by atoms with Gasteiger partial charge < -0.3 is 5.32 Å². The molecule has 0 radical (unpaired) electrons.